The van der Waals surface area contributed by atoms with Crippen molar-refractivity contribution in [2.45, 2.75) is 0 Å². The summed E-state index contributed by atoms with van der Waals surface area (Å²) in [6.07, 6.45) is 2.31. The van der Waals surface area contributed by atoms with Crippen molar-refractivity contribution in [1.29, 1.82) is 5.26 Å². The minimum Gasteiger partial charge on any atom is -0.477 e. The van der Waals surface area contributed by atoms with Gasteiger partial charge in [-0.05, 0) is 12.1 Å². The molecule has 0 aliphatic rings. The monoisotopic (exact) mass is 259 g/mol. The van der Waals surface area contributed by atoms with Crippen LogP contribution >= 0.6 is 0 Å². The van der Waals surface area contributed by atoms with Crippen LogP contribution in [0.25, 0.3) is 0 Å². The van der Waals surface area contributed by atoms with Crippen LogP contribution in [-0.2, 0) is 0 Å². The quantitative estimate of drug-likeness (QED) is 0.905. The molecule has 1 heterocycles. The second kappa shape index (κ2) is 5.10. The van der Waals surface area contributed by atoms with Gasteiger partial charge in [-0.15, -0.1) is 0 Å². The molecule has 0 aliphatic heterocycles. The van der Waals surface area contributed by atoms with Crippen LogP contribution in [0.5, 0.6) is 11.6 Å². The Hall–Kier alpha value is -3.01. The number of rotatable bonds is 3. The highest BCUT2D eigenvalue weighted by atomic mass is 19.1. The van der Waals surface area contributed by atoms with E-state index in [2.05, 4.69) is 9.97 Å². The number of hydrogen-bond acceptors (Lipinski definition) is 5. The number of halogens is 1. The normalized spacial score (nSPS) is 9.68. The van der Waals surface area contributed by atoms with E-state index in [1.807, 2.05) is 0 Å². The molecule has 0 fully saturated rings. The minimum atomic E-state index is -1.45. The fraction of sp³-hybridized carbons (Fsp3) is 0. The summed E-state index contributed by atoms with van der Waals surface area (Å²) in [5.41, 5.74) is -0.501. The third-order valence-corrected chi connectivity index (χ3v) is 2.15. The van der Waals surface area contributed by atoms with E-state index in [-0.39, 0.29) is 17.3 Å². The number of benzene rings is 1. The average molecular weight is 259 g/mol. The zero-order valence-electron chi connectivity index (χ0n) is 9.37. The number of hydrogen-bond donors (Lipinski definition) is 1. The van der Waals surface area contributed by atoms with Gasteiger partial charge in [0.25, 0.3) is 0 Å². The largest absolute Gasteiger partial charge is 0.477 e. The molecule has 2 aromatic rings. The zero-order chi connectivity index (χ0) is 13.8. The molecule has 0 amide bonds. The van der Waals surface area contributed by atoms with E-state index >= 15 is 0 Å². The molecule has 0 saturated heterocycles. The van der Waals surface area contributed by atoms with Gasteiger partial charge in [0.15, 0.2) is 5.69 Å². The summed E-state index contributed by atoms with van der Waals surface area (Å²) in [6.45, 7) is 0. The number of carbonyl (C=O) groups is 1. The third-order valence-electron chi connectivity index (χ3n) is 2.15. The van der Waals surface area contributed by atoms with Crippen LogP contribution < -0.4 is 4.74 Å². The summed E-state index contributed by atoms with van der Waals surface area (Å²) in [5.74, 6) is -2.58. The second-order valence-electron chi connectivity index (χ2n) is 3.37. The van der Waals surface area contributed by atoms with E-state index in [0.717, 1.165) is 18.5 Å². The van der Waals surface area contributed by atoms with E-state index in [4.69, 9.17) is 15.1 Å². The standard InChI is InChI=1S/C12H6FN3O3/c13-8-2-1-3-9(11(8)12(17)18)19-10-6-15-7(4-14)5-16-10/h1-3,5-6H,(H,17,18). The molecule has 0 atom stereocenters. The van der Waals surface area contributed by atoms with E-state index in [0.29, 0.717) is 0 Å². The van der Waals surface area contributed by atoms with Crippen molar-refractivity contribution in [2.75, 3.05) is 0 Å². The van der Waals surface area contributed by atoms with Gasteiger partial charge in [0.05, 0.1) is 12.4 Å². The first-order valence-electron chi connectivity index (χ1n) is 5.03. The molecule has 1 aromatic carbocycles. The number of carboxylic acid groups (broad SMARTS) is 1. The summed E-state index contributed by atoms with van der Waals surface area (Å²) in [4.78, 5) is 18.4. The summed E-state index contributed by atoms with van der Waals surface area (Å²) < 4.78 is 18.5. The lowest BCUT2D eigenvalue weighted by molar-refractivity contribution is 0.0689. The topological polar surface area (TPSA) is 96.1 Å². The molecule has 0 saturated carbocycles. The predicted octanol–water partition coefficient (Wildman–Crippen LogP) is 1.98. The molecule has 94 valence electrons. The van der Waals surface area contributed by atoms with Crippen molar-refractivity contribution in [2.24, 2.45) is 0 Å². The summed E-state index contributed by atoms with van der Waals surface area (Å²) in [5, 5.41) is 17.5. The van der Waals surface area contributed by atoms with Gasteiger partial charge in [0.1, 0.15) is 23.2 Å². The molecule has 0 radical (unpaired) electrons. The first kappa shape index (κ1) is 12.4. The highest BCUT2D eigenvalue weighted by molar-refractivity contribution is 5.91. The Kier molecular flexibility index (Phi) is 3.34. The first-order valence-corrected chi connectivity index (χ1v) is 5.03. The SMILES string of the molecule is N#Cc1cnc(Oc2cccc(F)c2C(=O)O)cn1. The summed E-state index contributed by atoms with van der Waals surface area (Å²) in [6, 6.07) is 5.40. The highest BCUT2D eigenvalue weighted by Gasteiger charge is 2.17. The van der Waals surface area contributed by atoms with Gasteiger partial charge in [-0.1, -0.05) is 6.07 Å². The van der Waals surface area contributed by atoms with Gasteiger partial charge in [-0.25, -0.2) is 19.2 Å². The van der Waals surface area contributed by atoms with Gasteiger partial charge in [0.2, 0.25) is 5.88 Å². The van der Waals surface area contributed by atoms with Crippen molar-refractivity contribution in [1.82, 2.24) is 9.97 Å². The molecule has 1 aromatic heterocycles. The number of nitriles is 1. The lowest BCUT2D eigenvalue weighted by Gasteiger charge is -2.07. The van der Waals surface area contributed by atoms with Crippen LogP contribution in [0.4, 0.5) is 4.39 Å². The Morgan fingerprint density at radius 3 is 2.74 bits per heavy atom. The Labute approximate surface area is 106 Å². The minimum absolute atomic E-state index is 0.0351. The number of aromatic nitrogens is 2. The maximum Gasteiger partial charge on any atom is 0.342 e. The number of nitrogens with zero attached hydrogens (tertiary/aromatic N) is 3. The van der Waals surface area contributed by atoms with Crippen molar-refractivity contribution >= 4 is 5.97 Å². The number of aromatic carboxylic acids is 1. The van der Waals surface area contributed by atoms with Crippen LogP contribution in [0, 0.1) is 17.1 Å². The Bertz CT molecular complexity index is 665. The molecule has 0 bridgehead atoms. The Morgan fingerprint density at radius 2 is 2.16 bits per heavy atom. The van der Waals surface area contributed by atoms with Crippen LogP contribution in [0.3, 0.4) is 0 Å². The number of carboxylic acids is 1. The molecular formula is C12H6FN3O3. The smallest absolute Gasteiger partial charge is 0.342 e. The van der Waals surface area contributed by atoms with E-state index in [9.17, 15) is 9.18 Å². The Balaban J connectivity index is 2.35. The fourth-order valence-electron chi connectivity index (χ4n) is 1.34. The van der Waals surface area contributed by atoms with Gasteiger partial charge >= 0.3 is 5.97 Å². The molecule has 0 aliphatic carbocycles. The maximum absolute atomic E-state index is 13.4. The van der Waals surface area contributed by atoms with Crippen LogP contribution in [0.15, 0.2) is 30.6 Å². The van der Waals surface area contributed by atoms with Crippen molar-refractivity contribution in [3.8, 4) is 17.7 Å². The molecule has 2 rings (SSSR count). The Morgan fingerprint density at radius 1 is 1.37 bits per heavy atom. The molecule has 6 nitrogen and oxygen atoms in total. The highest BCUT2D eigenvalue weighted by Crippen LogP contribution is 2.25. The molecule has 7 heteroatoms. The van der Waals surface area contributed by atoms with Crippen LogP contribution in [0.1, 0.15) is 16.1 Å². The van der Waals surface area contributed by atoms with Crippen LogP contribution in [0.2, 0.25) is 0 Å². The number of ether oxygens (including phenoxy) is 1. The van der Waals surface area contributed by atoms with Gasteiger partial charge in [-0.3, -0.25) is 0 Å². The first-order chi connectivity index (χ1) is 9.11. The molecule has 0 spiro atoms. The molecular weight excluding hydrogens is 253 g/mol. The van der Waals surface area contributed by atoms with Gasteiger partial charge in [-0.2, -0.15) is 5.26 Å². The fourth-order valence-corrected chi connectivity index (χ4v) is 1.34. The lowest BCUT2D eigenvalue weighted by Crippen LogP contribution is -2.04. The molecule has 19 heavy (non-hydrogen) atoms. The lowest BCUT2D eigenvalue weighted by atomic mass is 10.2. The van der Waals surface area contributed by atoms with E-state index in [1.165, 1.54) is 12.1 Å². The summed E-state index contributed by atoms with van der Waals surface area (Å²) >= 11 is 0. The van der Waals surface area contributed by atoms with Crippen molar-refractivity contribution in [3.05, 3.63) is 47.7 Å². The zero-order valence-corrected chi connectivity index (χ0v) is 9.37. The second-order valence-corrected chi connectivity index (χ2v) is 3.37. The van der Waals surface area contributed by atoms with Gasteiger partial charge < -0.3 is 9.84 Å². The average Bonchev–Trinajstić information content (AvgIpc) is 2.39. The predicted molar refractivity (Wildman–Crippen MR) is 60.2 cm³/mol. The molecule has 0 unspecified atom stereocenters. The van der Waals surface area contributed by atoms with Gasteiger partial charge in [0, 0.05) is 0 Å². The molecule has 1 N–H and O–H groups in total. The maximum atomic E-state index is 13.4. The van der Waals surface area contributed by atoms with E-state index in [1.54, 1.807) is 6.07 Å². The van der Waals surface area contributed by atoms with E-state index < -0.39 is 17.3 Å². The van der Waals surface area contributed by atoms with Crippen molar-refractivity contribution < 1.29 is 19.0 Å². The third kappa shape index (κ3) is 2.63. The van der Waals surface area contributed by atoms with Crippen LogP contribution in [-0.4, -0.2) is 21.0 Å². The summed E-state index contributed by atoms with van der Waals surface area (Å²) in [7, 11) is 0. The van der Waals surface area contributed by atoms with Crippen molar-refractivity contribution in [3.63, 3.8) is 0 Å².